The number of nitrogens with one attached hydrogen (secondary N) is 1. The van der Waals surface area contributed by atoms with E-state index in [9.17, 15) is 13.2 Å². The molecule has 1 aromatic carbocycles. The van der Waals surface area contributed by atoms with Crippen molar-refractivity contribution in [1.82, 2.24) is 4.72 Å². The fourth-order valence-electron chi connectivity index (χ4n) is 1.62. The van der Waals surface area contributed by atoms with Gasteiger partial charge in [-0.15, -0.1) is 0 Å². The van der Waals surface area contributed by atoms with Gasteiger partial charge in [0, 0.05) is 13.7 Å². The Morgan fingerprint density at radius 3 is 2.50 bits per heavy atom. The zero-order chi connectivity index (χ0) is 15.5. The maximum atomic E-state index is 12.2. The molecule has 20 heavy (non-hydrogen) atoms. The lowest BCUT2D eigenvalue weighted by molar-refractivity contribution is 0.0696. The molecule has 0 aliphatic carbocycles. The minimum atomic E-state index is -3.77. The Morgan fingerprint density at radius 1 is 1.40 bits per heavy atom. The van der Waals surface area contributed by atoms with Gasteiger partial charge in [0.25, 0.3) is 0 Å². The van der Waals surface area contributed by atoms with Gasteiger partial charge in [0.2, 0.25) is 10.0 Å². The van der Waals surface area contributed by atoms with Crippen LogP contribution in [0.3, 0.4) is 0 Å². The molecule has 1 rings (SSSR count). The van der Waals surface area contributed by atoms with Crippen molar-refractivity contribution in [2.24, 2.45) is 0 Å². The third-order valence-electron chi connectivity index (χ3n) is 3.12. The Bertz CT molecular complexity index is 609. The van der Waals surface area contributed by atoms with Crippen LogP contribution in [0.2, 0.25) is 0 Å². The van der Waals surface area contributed by atoms with Crippen molar-refractivity contribution in [1.29, 1.82) is 0 Å². The van der Waals surface area contributed by atoms with E-state index in [0.717, 1.165) is 0 Å². The molecule has 0 fully saturated rings. The largest absolute Gasteiger partial charge is 0.478 e. The zero-order valence-electron chi connectivity index (χ0n) is 11.9. The quantitative estimate of drug-likeness (QED) is 0.826. The van der Waals surface area contributed by atoms with E-state index in [1.807, 2.05) is 0 Å². The molecule has 1 aromatic rings. The first kappa shape index (κ1) is 16.6. The molecule has 0 spiro atoms. The molecule has 0 amide bonds. The Labute approximate surface area is 118 Å². The molecule has 0 saturated heterocycles. The van der Waals surface area contributed by atoms with Crippen molar-refractivity contribution in [3.05, 3.63) is 28.8 Å². The summed E-state index contributed by atoms with van der Waals surface area (Å²) in [6.45, 7) is 5.18. The second-order valence-electron chi connectivity index (χ2n) is 4.62. The van der Waals surface area contributed by atoms with Crippen molar-refractivity contribution in [2.75, 3.05) is 13.7 Å². The Kier molecular flexibility index (Phi) is 5.27. The second kappa shape index (κ2) is 6.34. The van der Waals surface area contributed by atoms with E-state index in [4.69, 9.17) is 9.84 Å². The topological polar surface area (TPSA) is 92.7 Å². The summed E-state index contributed by atoms with van der Waals surface area (Å²) in [4.78, 5) is 11.0. The van der Waals surface area contributed by atoms with Crippen LogP contribution in [0.25, 0.3) is 0 Å². The van der Waals surface area contributed by atoms with E-state index in [1.54, 1.807) is 20.8 Å². The molecule has 112 valence electrons. The smallest absolute Gasteiger partial charge is 0.335 e. The number of aryl methyl sites for hydroxylation is 1. The van der Waals surface area contributed by atoms with Crippen LogP contribution in [0.4, 0.5) is 0 Å². The van der Waals surface area contributed by atoms with E-state index in [0.29, 0.717) is 11.1 Å². The van der Waals surface area contributed by atoms with Crippen LogP contribution in [0, 0.1) is 13.8 Å². The Balaban J connectivity index is 3.20. The summed E-state index contributed by atoms with van der Waals surface area (Å²) in [5, 5.41) is 9.01. The molecule has 7 heteroatoms. The maximum Gasteiger partial charge on any atom is 0.335 e. The summed E-state index contributed by atoms with van der Waals surface area (Å²) in [5.74, 6) is -1.16. The molecule has 6 nitrogen and oxygen atoms in total. The normalized spacial score (nSPS) is 13.2. The molecule has 0 aliphatic rings. The molecule has 0 aromatic heterocycles. The first-order chi connectivity index (χ1) is 9.19. The van der Waals surface area contributed by atoms with Gasteiger partial charge in [0.1, 0.15) is 0 Å². The van der Waals surface area contributed by atoms with Crippen LogP contribution in [0.1, 0.15) is 28.4 Å². The predicted octanol–water partition coefficient (Wildman–Crippen LogP) is 1.31. The van der Waals surface area contributed by atoms with Crippen LogP contribution in [0.5, 0.6) is 0 Å². The van der Waals surface area contributed by atoms with E-state index < -0.39 is 16.0 Å². The average Bonchev–Trinajstić information content (AvgIpc) is 2.38. The monoisotopic (exact) mass is 301 g/mol. The highest BCUT2D eigenvalue weighted by Gasteiger charge is 2.21. The van der Waals surface area contributed by atoms with Crippen molar-refractivity contribution < 1.29 is 23.1 Å². The van der Waals surface area contributed by atoms with Crippen LogP contribution in [-0.2, 0) is 14.8 Å². The van der Waals surface area contributed by atoms with E-state index in [2.05, 4.69) is 4.72 Å². The lowest BCUT2D eigenvalue weighted by Gasteiger charge is -2.14. The van der Waals surface area contributed by atoms with Crippen molar-refractivity contribution in [3.8, 4) is 0 Å². The lowest BCUT2D eigenvalue weighted by atomic mass is 10.1. The molecule has 0 bridgehead atoms. The van der Waals surface area contributed by atoms with Crippen LogP contribution < -0.4 is 4.72 Å². The van der Waals surface area contributed by atoms with Gasteiger partial charge >= 0.3 is 5.97 Å². The van der Waals surface area contributed by atoms with Crippen molar-refractivity contribution in [3.63, 3.8) is 0 Å². The zero-order valence-corrected chi connectivity index (χ0v) is 12.7. The highest BCUT2D eigenvalue weighted by atomic mass is 32.2. The van der Waals surface area contributed by atoms with Gasteiger partial charge in [-0.3, -0.25) is 0 Å². The van der Waals surface area contributed by atoms with E-state index in [1.165, 1.54) is 19.2 Å². The number of sulfonamides is 1. The number of hydrogen-bond acceptors (Lipinski definition) is 4. The first-order valence-electron chi connectivity index (χ1n) is 6.06. The first-order valence-corrected chi connectivity index (χ1v) is 7.54. The summed E-state index contributed by atoms with van der Waals surface area (Å²) in [6.07, 6.45) is -0.270. The van der Waals surface area contributed by atoms with E-state index >= 15 is 0 Å². The Morgan fingerprint density at radius 2 is 2.00 bits per heavy atom. The standard InChI is InChI=1S/C13H19NO5S/c1-8-5-11(13(15)16)6-12(10(8)3)20(17,18)14-7-9(2)19-4/h5-6,9,14H,7H2,1-4H3,(H,15,16). The summed E-state index contributed by atoms with van der Waals surface area (Å²) < 4.78 is 31.9. The number of carboxylic acids is 1. The number of hydrogen-bond donors (Lipinski definition) is 2. The molecule has 0 saturated carbocycles. The molecule has 1 atom stereocenters. The Hall–Kier alpha value is -1.44. The molecule has 1 unspecified atom stereocenters. The fraction of sp³-hybridized carbons (Fsp3) is 0.462. The molecular weight excluding hydrogens is 282 g/mol. The van der Waals surface area contributed by atoms with Gasteiger partial charge < -0.3 is 9.84 Å². The van der Waals surface area contributed by atoms with E-state index in [-0.39, 0.29) is 23.1 Å². The van der Waals surface area contributed by atoms with Gasteiger partial charge in [-0.25, -0.2) is 17.9 Å². The number of carboxylic acid groups (broad SMARTS) is 1. The second-order valence-corrected chi connectivity index (χ2v) is 6.36. The average molecular weight is 301 g/mol. The van der Waals surface area contributed by atoms with Crippen LogP contribution >= 0.6 is 0 Å². The number of ether oxygens (including phenoxy) is 1. The van der Waals surface area contributed by atoms with Gasteiger partial charge in [-0.1, -0.05) is 0 Å². The lowest BCUT2D eigenvalue weighted by Crippen LogP contribution is -2.32. The van der Waals surface area contributed by atoms with Gasteiger partial charge in [0.05, 0.1) is 16.6 Å². The molecule has 0 aliphatic heterocycles. The highest BCUT2D eigenvalue weighted by Crippen LogP contribution is 2.21. The third kappa shape index (κ3) is 3.78. The minimum Gasteiger partial charge on any atom is -0.478 e. The highest BCUT2D eigenvalue weighted by molar-refractivity contribution is 7.89. The molecule has 0 heterocycles. The molecular formula is C13H19NO5S. The van der Waals surface area contributed by atoms with Gasteiger partial charge in [-0.2, -0.15) is 0 Å². The summed E-state index contributed by atoms with van der Waals surface area (Å²) >= 11 is 0. The number of rotatable bonds is 6. The summed E-state index contributed by atoms with van der Waals surface area (Å²) in [5.41, 5.74) is 1.10. The molecule has 2 N–H and O–H groups in total. The minimum absolute atomic E-state index is 0.0156. The summed E-state index contributed by atoms with van der Waals surface area (Å²) in [6, 6.07) is 2.62. The summed E-state index contributed by atoms with van der Waals surface area (Å²) in [7, 11) is -2.28. The van der Waals surface area contributed by atoms with Crippen molar-refractivity contribution in [2.45, 2.75) is 31.8 Å². The van der Waals surface area contributed by atoms with Crippen LogP contribution in [0.15, 0.2) is 17.0 Å². The van der Waals surface area contributed by atoms with Gasteiger partial charge in [0.15, 0.2) is 0 Å². The van der Waals surface area contributed by atoms with Crippen molar-refractivity contribution >= 4 is 16.0 Å². The molecule has 0 radical (unpaired) electrons. The predicted molar refractivity (Wildman–Crippen MR) is 74.5 cm³/mol. The maximum absolute atomic E-state index is 12.2. The number of aromatic carboxylic acids is 1. The number of methoxy groups -OCH3 is 1. The number of benzene rings is 1. The van der Waals surface area contributed by atoms with Crippen LogP contribution in [-0.4, -0.2) is 39.3 Å². The third-order valence-corrected chi connectivity index (χ3v) is 4.67. The van der Waals surface area contributed by atoms with Gasteiger partial charge in [-0.05, 0) is 44.0 Å². The fourth-order valence-corrected chi connectivity index (χ4v) is 3.07. The SMILES string of the molecule is COC(C)CNS(=O)(=O)c1cc(C(=O)O)cc(C)c1C. The number of carbonyl (C=O) groups is 1.